The molecule has 4 rings (SSSR count). The summed E-state index contributed by atoms with van der Waals surface area (Å²) in [4.78, 5) is 21.6. The smallest absolute Gasteiger partial charge is 0.271 e. The van der Waals surface area contributed by atoms with Crippen LogP contribution < -0.4 is 0 Å². The Morgan fingerprint density at radius 3 is 2.88 bits per heavy atom. The molecule has 2 aromatic heterocycles. The van der Waals surface area contributed by atoms with Gasteiger partial charge in [0.2, 0.25) is 0 Å². The minimum Gasteiger partial charge on any atom is -0.375 e. The van der Waals surface area contributed by atoms with E-state index in [0.717, 1.165) is 31.7 Å². The van der Waals surface area contributed by atoms with Crippen molar-refractivity contribution in [2.24, 2.45) is 0 Å². The van der Waals surface area contributed by atoms with Gasteiger partial charge in [0.1, 0.15) is 11.4 Å². The second-order valence-corrected chi connectivity index (χ2v) is 6.99. The highest BCUT2D eigenvalue weighted by Crippen LogP contribution is 2.17. The number of hydrogen-bond donors (Lipinski definition) is 1. The SMILES string of the molecule is O=C(c1cc(-c2ccccn2)n[nH]1)N1CCCO[C@H](CN2CCCC2)C1. The summed E-state index contributed by atoms with van der Waals surface area (Å²) in [6, 6.07) is 7.44. The lowest BCUT2D eigenvalue weighted by Crippen LogP contribution is -2.42. The number of pyridine rings is 1. The van der Waals surface area contributed by atoms with Gasteiger partial charge < -0.3 is 14.5 Å². The maximum absolute atomic E-state index is 12.9. The first-order chi connectivity index (χ1) is 12.8. The van der Waals surface area contributed by atoms with E-state index in [1.807, 2.05) is 23.1 Å². The van der Waals surface area contributed by atoms with E-state index < -0.39 is 0 Å². The molecular weight excluding hydrogens is 330 g/mol. The summed E-state index contributed by atoms with van der Waals surface area (Å²) in [5, 5.41) is 7.13. The Bertz CT molecular complexity index is 727. The van der Waals surface area contributed by atoms with Gasteiger partial charge in [-0.1, -0.05) is 6.07 Å². The molecule has 0 spiro atoms. The van der Waals surface area contributed by atoms with Crippen LogP contribution in [0.2, 0.25) is 0 Å². The standard InChI is InChI=1S/C19H25N5O2/c25-19(18-12-17(21-22-18)16-6-1-2-7-20-16)24-10-5-11-26-15(14-24)13-23-8-3-4-9-23/h1-2,6-7,12,15H,3-5,8-11,13-14H2,(H,21,22)/t15-/m1/s1. The first kappa shape index (κ1) is 17.2. The van der Waals surface area contributed by atoms with E-state index in [9.17, 15) is 4.79 Å². The normalized spacial score (nSPS) is 21.7. The van der Waals surface area contributed by atoms with Crippen molar-refractivity contribution in [3.05, 3.63) is 36.2 Å². The Kier molecular flexibility index (Phi) is 5.26. The molecular formula is C19H25N5O2. The van der Waals surface area contributed by atoms with Crippen LogP contribution in [0.3, 0.4) is 0 Å². The Morgan fingerprint density at radius 2 is 2.08 bits per heavy atom. The van der Waals surface area contributed by atoms with E-state index in [1.54, 1.807) is 12.3 Å². The van der Waals surface area contributed by atoms with Gasteiger partial charge in [0.25, 0.3) is 5.91 Å². The van der Waals surface area contributed by atoms with E-state index in [0.29, 0.717) is 31.1 Å². The topological polar surface area (TPSA) is 74.3 Å². The van der Waals surface area contributed by atoms with Crippen molar-refractivity contribution in [2.75, 3.05) is 39.3 Å². The zero-order valence-electron chi connectivity index (χ0n) is 14.9. The molecule has 0 unspecified atom stereocenters. The number of nitrogens with one attached hydrogen (secondary N) is 1. The van der Waals surface area contributed by atoms with Crippen LogP contribution in [-0.2, 0) is 4.74 Å². The average Bonchev–Trinajstić information content (AvgIpc) is 3.31. The predicted molar refractivity (Wildman–Crippen MR) is 97.8 cm³/mol. The first-order valence-corrected chi connectivity index (χ1v) is 9.39. The molecule has 7 heteroatoms. The lowest BCUT2D eigenvalue weighted by Gasteiger charge is -2.26. The fourth-order valence-corrected chi connectivity index (χ4v) is 3.69. The molecule has 0 bridgehead atoms. The van der Waals surface area contributed by atoms with Crippen LogP contribution in [0.1, 0.15) is 29.8 Å². The van der Waals surface area contributed by atoms with Gasteiger partial charge >= 0.3 is 0 Å². The quantitative estimate of drug-likeness (QED) is 0.905. The van der Waals surface area contributed by atoms with E-state index >= 15 is 0 Å². The van der Waals surface area contributed by atoms with E-state index in [-0.39, 0.29) is 12.0 Å². The molecule has 7 nitrogen and oxygen atoms in total. The molecule has 2 saturated heterocycles. The summed E-state index contributed by atoms with van der Waals surface area (Å²) < 4.78 is 5.98. The monoisotopic (exact) mass is 355 g/mol. The molecule has 2 fully saturated rings. The van der Waals surface area contributed by atoms with Gasteiger partial charge in [-0.15, -0.1) is 0 Å². The van der Waals surface area contributed by atoms with E-state index in [2.05, 4.69) is 20.1 Å². The minimum atomic E-state index is -0.0170. The number of nitrogens with zero attached hydrogens (tertiary/aromatic N) is 4. The Labute approximate surface area is 153 Å². The number of carbonyl (C=O) groups excluding carboxylic acids is 1. The molecule has 138 valence electrons. The number of rotatable bonds is 4. The van der Waals surface area contributed by atoms with Crippen LogP contribution in [0.5, 0.6) is 0 Å². The lowest BCUT2D eigenvalue weighted by atomic mass is 10.2. The molecule has 0 aromatic carbocycles. The number of hydrogen-bond acceptors (Lipinski definition) is 5. The van der Waals surface area contributed by atoms with E-state index in [4.69, 9.17) is 4.74 Å². The van der Waals surface area contributed by atoms with Crippen molar-refractivity contribution >= 4 is 5.91 Å². The number of amides is 1. The Balaban J connectivity index is 1.43. The van der Waals surface area contributed by atoms with Gasteiger partial charge in [-0.05, 0) is 50.6 Å². The van der Waals surface area contributed by atoms with Crippen LogP contribution in [0, 0.1) is 0 Å². The van der Waals surface area contributed by atoms with Crippen LogP contribution in [0.4, 0.5) is 0 Å². The maximum Gasteiger partial charge on any atom is 0.271 e. The van der Waals surface area contributed by atoms with Gasteiger partial charge in [0.05, 0.1) is 11.8 Å². The number of likely N-dealkylation sites (tertiary alicyclic amines) is 1. The van der Waals surface area contributed by atoms with Gasteiger partial charge in [-0.3, -0.25) is 14.9 Å². The average molecular weight is 355 g/mol. The molecule has 2 aromatic rings. The minimum absolute atomic E-state index is 0.0170. The molecule has 1 N–H and O–H groups in total. The van der Waals surface area contributed by atoms with Crippen molar-refractivity contribution < 1.29 is 9.53 Å². The van der Waals surface area contributed by atoms with Gasteiger partial charge in [-0.2, -0.15) is 5.10 Å². The molecule has 26 heavy (non-hydrogen) atoms. The highest BCUT2D eigenvalue weighted by Gasteiger charge is 2.27. The van der Waals surface area contributed by atoms with Crippen molar-refractivity contribution in [3.63, 3.8) is 0 Å². The third kappa shape index (κ3) is 3.94. The molecule has 2 aliphatic rings. The summed E-state index contributed by atoms with van der Waals surface area (Å²) >= 11 is 0. The van der Waals surface area contributed by atoms with Crippen LogP contribution in [0.15, 0.2) is 30.5 Å². The van der Waals surface area contributed by atoms with Crippen molar-refractivity contribution in [2.45, 2.75) is 25.4 Å². The van der Waals surface area contributed by atoms with Crippen LogP contribution in [-0.4, -0.2) is 76.3 Å². The first-order valence-electron chi connectivity index (χ1n) is 9.39. The molecule has 2 aliphatic heterocycles. The Morgan fingerprint density at radius 1 is 1.19 bits per heavy atom. The zero-order chi connectivity index (χ0) is 17.8. The molecule has 4 heterocycles. The van der Waals surface area contributed by atoms with Crippen molar-refractivity contribution in [3.8, 4) is 11.4 Å². The summed E-state index contributed by atoms with van der Waals surface area (Å²) in [5.74, 6) is -0.0170. The fraction of sp³-hybridized carbons (Fsp3) is 0.526. The summed E-state index contributed by atoms with van der Waals surface area (Å²) in [6.07, 6.45) is 5.20. The number of H-pyrrole nitrogens is 1. The number of carbonyl (C=O) groups is 1. The Hall–Kier alpha value is -2.25. The fourth-order valence-electron chi connectivity index (χ4n) is 3.69. The maximum atomic E-state index is 12.9. The largest absolute Gasteiger partial charge is 0.375 e. The third-order valence-corrected chi connectivity index (χ3v) is 5.03. The van der Waals surface area contributed by atoms with E-state index in [1.165, 1.54) is 12.8 Å². The van der Waals surface area contributed by atoms with Crippen molar-refractivity contribution in [1.82, 2.24) is 25.0 Å². The molecule has 1 atom stereocenters. The molecule has 1 amide bonds. The zero-order valence-corrected chi connectivity index (χ0v) is 14.9. The van der Waals surface area contributed by atoms with Gasteiger partial charge in [0, 0.05) is 32.4 Å². The number of aromatic amines is 1. The van der Waals surface area contributed by atoms with Gasteiger partial charge in [-0.25, -0.2) is 0 Å². The highest BCUT2D eigenvalue weighted by molar-refractivity contribution is 5.93. The molecule has 0 aliphatic carbocycles. The third-order valence-electron chi connectivity index (χ3n) is 5.03. The van der Waals surface area contributed by atoms with Crippen molar-refractivity contribution in [1.29, 1.82) is 0 Å². The second kappa shape index (κ2) is 7.97. The number of aromatic nitrogens is 3. The summed E-state index contributed by atoms with van der Waals surface area (Å²) in [6.45, 7) is 5.25. The molecule has 0 radical (unpaired) electrons. The van der Waals surface area contributed by atoms with Gasteiger partial charge in [0.15, 0.2) is 0 Å². The van der Waals surface area contributed by atoms with Crippen LogP contribution in [0.25, 0.3) is 11.4 Å². The molecule has 0 saturated carbocycles. The lowest BCUT2D eigenvalue weighted by molar-refractivity contribution is 0.0296. The summed E-state index contributed by atoms with van der Waals surface area (Å²) in [5.41, 5.74) is 1.95. The predicted octanol–water partition coefficient (Wildman–Crippen LogP) is 1.80. The second-order valence-electron chi connectivity index (χ2n) is 6.99. The van der Waals surface area contributed by atoms with Crippen LogP contribution >= 0.6 is 0 Å². The number of ether oxygens (including phenoxy) is 1. The highest BCUT2D eigenvalue weighted by atomic mass is 16.5. The summed E-state index contributed by atoms with van der Waals surface area (Å²) in [7, 11) is 0.